The van der Waals surface area contributed by atoms with E-state index in [1.54, 1.807) is 7.11 Å². The Bertz CT molecular complexity index is 222. The summed E-state index contributed by atoms with van der Waals surface area (Å²) in [5.41, 5.74) is 5.91. The highest BCUT2D eigenvalue weighted by Crippen LogP contribution is 2.20. The lowest BCUT2D eigenvalue weighted by molar-refractivity contribution is 0.156. The maximum Gasteiger partial charge on any atom is 0.189 e. The first-order chi connectivity index (χ1) is 7.63. The molecule has 0 heterocycles. The molecule has 1 aliphatic rings. The first-order valence-electron chi connectivity index (χ1n) is 6.22. The second-order valence-electron chi connectivity index (χ2n) is 4.90. The summed E-state index contributed by atoms with van der Waals surface area (Å²) in [6, 6.07) is 0.679. The molecule has 0 aromatic heterocycles. The topological polar surface area (TPSA) is 59.6 Å². The first kappa shape index (κ1) is 13.3. The summed E-state index contributed by atoms with van der Waals surface area (Å²) in [5, 5.41) is 3.25. The van der Waals surface area contributed by atoms with E-state index >= 15 is 0 Å². The zero-order valence-corrected chi connectivity index (χ0v) is 10.7. The fraction of sp³-hybridized carbons (Fsp3) is 0.917. The van der Waals surface area contributed by atoms with E-state index in [2.05, 4.69) is 24.2 Å². The van der Waals surface area contributed by atoms with Crippen LogP contribution in [0.25, 0.3) is 0 Å². The van der Waals surface area contributed by atoms with E-state index < -0.39 is 0 Å². The summed E-state index contributed by atoms with van der Waals surface area (Å²) < 4.78 is 5.16. The van der Waals surface area contributed by atoms with Crippen LogP contribution >= 0.6 is 0 Å². The van der Waals surface area contributed by atoms with Gasteiger partial charge in [-0.2, -0.15) is 0 Å². The minimum Gasteiger partial charge on any atom is -0.383 e. The number of ether oxygens (including phenoxy) is 1. The number of nitrogens with zero attached hydrogens (tertiary/aromatic N) is 1. The van der Waals surface area contributed by atoms with Crippen molar-refractivity contribution < 1.29 is 4.74 Å². The number of guanidine groups is 1. The Labute approximate surface area is 98.6 Å². The highest BCUT2D eigenvalue weighted by atomic mass is 16.5. The standard InChI is InChI=1S/C12H25N3O/c1-9(2)11(8-16-3)15-12(13)14-10-6-4-5-7-10/h9-11H,4-8H2,1-3H3,(H3,13,14,15). The lowest BCUT2D eigenvalue weighted by Gasteiger charge is -2.22. The van der Waals surface area contributed by atoms with Crippen molar-refractivity contribution in [2.75, 3.05) is 13.7 Å². The van der Waals surface area contributed by atoms with Gasteiger partial charge < -0.3 is 15.8 Å². The van der Waals surface area contributed by atoms with Crippen molar-refractivity contribution in [3.05, 3.63) is 0 Å². The van der Waals surface area contributed by atoms with Crippen LogP contribution in [0.3, 0.4) is 0 Å². The smallest absolute Gasteiger partial charge is 0.189 e. The molecule has 0 aromatic rings. The van der Waals surface area contributed by atoms with E-state index in [1.165, 1.54) is 25.7 Å². The van der Waals surface area contributed by atoms with Crippen molar-refractivity contribution in [2.45, 2.75) is 51.6 Å². The number of nitrogens with one attached hydrogen (secondary N) is 1. The van der Waals surface area contributed by atoms with Crippen LogP contribution in [-0.2, 0) is 4.74 Å². The molecule has 16 heavy (non-hydrogen) atoms. The van der Waals surface area contributed by atoms with E-state index in [1.807, 2.05) is 0 Å². The van der Waals surface area contributed by atoms with Gasteiger partial charge in [0.05, 0.1) is 18.7 Å². The quantitative estimate of drug-likeness (QED) is 0.553. The largest absolute Gasteiger partial charge is 0.383 e. The number of aliphatic imine (C=N–C) groups is 1. The molecule has 0 aromatic carbocycles. The lowest BCUT2D eigenvalue weighted by Crippen LogP contribution is -2.45. The normalized spacial score (nSPS) is 20.4. The lowest BCUT2D eigenvalue weighted by atomic mass is 10.1. The second-order valence-corrected chi connectivity index (χ2v) is 4.90. The first-order valence-corrected chi connectivity index (χ1v) is 6.22. The highest BCUT2D eigenvalue weighted by Gasteiger charge is 2.16. The van der Waals surface area contributed by atoms with Gasteiger partial charge >= 0.3 is 0 Å². The van der Waals surface area contributed by atoms with Crippen LogP contribution in [-0.4, -0.2) is 31.8 Å². The van der Waals surface area contributed by atoms with Crippen LogP contribution in [0.4, 0.5) is 0 Å². The van der Waals surface area contributed by atoms with Gasteiger partial charge in [-0.05, 0) is 18.8 Å². The fourth-order valence-corrected chi connectivity index (χ4v) is 2.04. The van der Waals surface area contributed by atoms with Gasteiger partial charge in [-0.1, -0.05) is 26.7 Å². The zero-order valence-electron chi connectivity index (χ0n) is 10.7. The van der Waals surface area contributed by atoms with Gasteiger partial charge in [-0.15, -0.1) is 0 Å². The van der Waals surface area contributed by atoms with E-state index in [-0.39, 0.29) is 6.04 Å². The monoisotopic (exact) mass is 227 g/mol. The number of hydrogen-bond donors (Lipinski definition) is 2. The van der Waals surface area contributed by atoms with Gasteiger partial charge in [0.25, 0.3) is 0 Å². The van der Waals surface area contributed by atoms with Crippen molar-refractivity contribution in [3.8, 4) is 0 Å². The molecule has 3 N–H and O–H groups in total. The Morgan fingerprint density at radius 1 is 1.44 bits per heavy atom. The Morgan fingerprint density at radius 3 is 2.56 bits per heavy atom. The molecule has 0 amide bonds. The maximum atomic E-state index is 5.91. The number of rotatable bonds is 5. The average Bonchev–Trinajstić information content (AvgIpc) is 2.69. The number of hydrogen-bond acceptors (Lipinski definition) is 2. The summed E-state index contributed by atoms with van der Waals surface area (Å²) in [5.74, 6) is 1.06. The molecule has 1 unspecified atom stereocenters. The summed E-state index contributed by atoms with van der Waals surface area (Å²) in [6.07, 6.45) is 4.93. The number of methoxy groups -OCH3 is 1. The maximum absolute atomic E-state index is 5.91. The summed E-state index contributed by atoms with van der Waals surface area (Å²) in [7, 11) is 1.71. The summed E-state index contributed by atoms with van der Waals surface area (Å²) in [6.45, 7) is 4.97. The van der Waals surface area contributed by atoms with Crippen molar-refractivity contribution in [1.29, 1.82) is 0 Å². The molecular formula is C12H25N3O. The van der Waals surface area contributed by atoms with Crippen LogP contribution in [0, 0.1) is 5.92 Å². The SMILES string of the molecule is COCC(NC(N)=NC1CCCC1)C(C)C. The fourth-order valence-electron chi connectivity index (χ4n) is 2.04. The molecule has 4 heteroatoms. The van der Waals surface area contributed by atoms with Crippen molar-refractivity contribution in [2.24, 2.45) is 16.6 Å². The highest BCUT2D eigenvalue weighted by molar-refractivity contribution is 5.78. The third-order valence-electron chi connectivity index (χ3n) is 3.13. The summed E-state index contributed by atoms with van der Waals surface area (Å²) in [4.78, 5) is 4.51. The van der Waals surface area contributed by atoms with Crippen LogP contribution < -0.4 is 11.1 Å². The molecule has 1 rings (SSSR count). The van der Waals surface area contributed by atoms with E-state index in [0.29, 0.717) is 24.5 Å². The van der Waals surface area contributed by atoms with E-state index in [4.69, 9.17) is 10.5 Å². The predicted octanol–water partition coefficient (Wildman–Crippen LogP) is 1.50. The Hall–Kier alpha value is -0.770. The third kappa shape index (κ3) is 4.39. The molecule has 1 saturated carbocycles. The Kier molecular flexibility index (Phi) is 5.60. The van der Waals surface area contributed by atoms with Crippen molar-refractivity contribution in [1.82, 2.24) is 5.32 Å². The Morgan fingerprint density at radius 2 is 2.06 bits per heavy atom. The molecule has 1 aliphatic carbocycles. The van der Waals surface area contributed by atoms with Gasteiger partial charge in [0.15, 0.2) is 5.96 Å². The molecule has 94 valence electrons. The molecule has 0 aliphatic heterocycles. The molecule has 0 spiro atoms. The average molecular weight is 227 g/mol. The van der Waals surface area contributed by atoms with Gasteiger partial charge in [-0.3, -0.25) is 4.99 Å². The molecule has 4 nitrogen and oxygen atoms in total. The zero-order chi connectivity index (χ0) is 12.0. The van der Waals surface area contributed by atoms with Crippen LogP contribution in [0.15, 0.2) is 4.99 Å². The van der Waals surface area contributed by atoms with Gasteiger partial charge in [-0.25, -0.2) is 0 Å². The van der Waals surface area contributed by atoms with Gasteiger partial charge in [0.2, 0.25) is 0 Å². The minimum absolute atomic E-state index is 0.246. The minimum atomic E-state index is 0.246. The van der Waals surface area contributed by atoms with Crippen molar-refractivity contribution >= 4 is 5.96 Å². The van der Waals surface area contributed by atoms with Crippen LogP contribution in [0.1, 0.15) is 39.5 Å². The molecule has 0 bridgehead atoms. The predicted molar refractivity (Wildman–Crippen MR) is 67.5 cm³/mol. The van der Waals surface area contributed by atoms with Gasteiger partial charge in [0.1, 0.15) is 0 Å². The molecule has 1 atom stereocenters. The molecule has 0 saturated heterocycles. The molecular weight excluding hydrogens is 202 g/mol. The van der Waals surface area contributed by atoms with Crippen molar-refractivity contribution in [3.63, 3.8) is 0 Å². The van der Waals surface area contributed by atoms with E-state index in [9.17, 15) is 0 Å². The number of nitrogens with two attached hydrogens (primary N) is 1. The van der Waals surface area contributed by atoms with Crippen LogP contribution in [0.5, 0.6) is 0 Å². The summed E-state index contributed by atoms with van der Waals surface area (Å²) >= 11 is 0. The third-order valence-corrected chi connectivity index (χ3v) is 3.13. The Balaban J connectivity index is 2.42. The van der Waals surface area contributed by atoms with E-state index in [0.717, 1.165) is 0 Å². The van der Waals surface area contributed by atoms with Crippen LogP contribution in [0.2, 0.25) is 0 Å². The molecule has 0 radical (unpaired) electrons. The van der Waals surface area contributed by atoms with Gasteiger partial charge in [0, 0.05) is 7.11 Å². The second kappa shape index (κ2) is 6.74. The molecule has 1 fully saturated rings.